The van der Waals surface area contributed by atoms with Crippen molar-refractivity contribution in [3.8, 4) is 28.5 Å². The molecule has 6 nitrogen and oxygen atoms in total. The van der Waals surface area contributed by atoms with Gasteiger partial charge in [-0.15, -0.1) is 11.3 Å². The minimum absolute atomic E-state index is 0.0980. The van der Waals surface area contributed by atoms with Crippen LogP contribution >= 0.6 is 11.3 Å². The molecule has 0 bridgehead atoms. The summed E-state index contributed by atoms with van der Waals surface area (Å²) in [6.07, 6.45) is 3.33. The Balaban J connectivity index is 1.40. The van der Waals surface area contributed by atoms with Gasteiger partial charge in [0.25, 0.3) is 0 Å². The average Bonchev–Trinajstić information content (AvgIpc) is 3.20. The maximum Gasteiger partial charge on any atom is 0.250 e. The molecular weight excluding hydrogens is 400 g/mol. The summed E-state index contributed by atoms with van der Waals surface area (Å²) in [7, 11) is 0. The predicted molar refractivity (Wildman–Crippen MR) is 118 cm³/mol. The molecule has 30 heavy (non-hydrogen) atoms. The Morgan fingerprint density at radius 2 is 2.00 bits per heavy atom. The largest absolute Gasteiger partial charge is 0.491 e. The standard InChI is InChI=1S/C23H22N2O4S/c1-15(2)29-18-5-3-4-16(12-18)6-9-22(26)25-23-24-19(14-30-23)17-7-8-20-21(13-17)28-11-10-27-20/h3-9,12-15H,10-11H2,1-2H3,(H,24,25,26)/b9-6+. The van der Waals surface area contributed by atoms with Crippen LogP contribution in [0.3, 0.4) is 0 Å². The molecule has 4 rings (SSSR count). The number of carbonyl (C=O) groups excluding carboxylic acids is 1. The van der Waals surface area contributed by atoms with E-state index >= 15 is 0 Å². The number of thiazole rings is 1. The van der Waals surface area contributed by atoms with E-state index < -0.39 is 0 Å². The van der Waals surface area contributed by atoms with Crippen LogP contribution in [0.25, 0.3) is 17.3 Å². The summed E-state index contributed by atoms with van der Waals surface area (Å²) in [5.74, 6) is 1.98. The zero-order chi connectivity index (χ0) is 20.9. The summed E-state index contributed by atoms with van der Waals surface area (Å²) in [4.78, 5) is 16.8. The molecule has 0 atom stereocenters. The number of fused-ring (bicyclic) bond motifs is 1. The van der Waals surface area contributed by atoms with Gasteiger partial charge in [-0.25, -0.2) is 4.98 Å². The SMILES string of the molecule is CC(C)Oc1cccc(/C=C/C(=O)Nc2nc(-c3ccc4c(c3)OCCO4)cs2)c1. The first-order chi connectivity index (χ1) is 14.6. The van der Waals surface area contributed by atoms with E-state index in [4.69, 9.17) is 14.2 Å². The molecule has 2 aromatic carbocycles. The third kappa shape index (κ3) is 4.99. The summed E-state index contributed by atoms with van der Waals surface area (Å²) in [6.45, 7) is 5.04. The molecule has 7 heteroatoms. The van der Waals surface area contributed by atoms with Crippen LogP contribution in [0.2, 0.25) is 0 Å². The van der Waals surface area contributed by atoms with Crippen LogP contribution in [-0.2, 0) is 4.79 Å². The number of benzene rings is 2. The second kappa shape index (κ2) is 9.00. The summed E-state index contributed by atoms with van der Waals surface area (Å²) >= 11 is 1.37. The Bertz CT molecular complexity index is 1070. The van der Waals surface area contributed by atoms with E-state index in [0.717, 1.165) is 28.3 Å². The van der Waals surface area contributed by atoms with Crippen LogP contribution in [0.15, 0.2) is 53.9 Å². The van der Waals surface area contributed by atoms with E-state index in [0.29, 0.717) is 24.1 Å². The van der Waals surface area contributed by atoms with Gasteiger partial charge in [0.15, 0.2) is 16.6 Å². The number of ether oxygens (including phenoxy) is 3. The molecule has 0 spiro atoms. The normalized spacial score (nSPS) is 12.9. The van der Waals surface area contributed by atoms with Crippen molar-refractivity contribution in [3.05, 3.63) is 59.5 Å². The molecule has 1 amide bonds. The number of anilines is 1. The number of amides is 1. The molecule has 0 radical (unpaired) electrons. The first kappa shape index (κ1) is 20.0. The third-order valence-corrected chi connectivity index (χ3v) is 4.99. The molecule has 1 aliphatic rings. The molecule has 2 heterocycles. The van der Waals surface area contributed by atoms with E-state index in [1.165, 1.54) is 17.4 Å². The van der Waals surface area contributed by atoms with Crippen LogP contribution in [0.1, 0.15) is 19.4 Å². The van der Waals surface area contributed by atoms with Gasteiger partial charge in [-0.3, -0.25) is 10.1 Å². The van der Waals surface area contributed by atoms with Crippen molar-refractivity contribution in [3.63, 3.8) is 0 Å². The maximum atomic E-state index is 12.3. The lowest BCUT2D eigenvalue weighted by atomic mass is 10.1. The van der Waals surface area contributed by atoms with E-state index in [1.54, 1.807) is 6.08 Å². The molecule has 0 saturated carbocycles. The molecule has 1 aliphatic heterocycles. The molecule has 0 aliphatic carbocycles. The van der Waals surface area contributed by atoms with Gasteiger partial charge < -0.3 is 14.2 Å². The van der Waals surface area contributed by atoms with Gasteiger partial charge >= 0.3 is 0 Å². The highest BCUT2D eigenvalue weighted by Gasteiger charge is 2.14. The predicted octanol–water partition coefficient (Wildman–Crippen LogP) is 5.02. The van der Waals surface area contributed by atoms with Crippen molar-refractivity contribution in [2.24, 2.45) is 0 Å². The van der Waals surface area contributed by atoms with Crippen LogP contribution in [0.4, 0.5) is 5.13 Å². The van der Waals surface area contributed by atoms with Crippen molar-refractivity contribution >= 4 is 28.5 Å². The fourth-order valence-corrected chi connectivity index (χ4v) is 3.67. The van der Waals surface area contributed by atoms with Crippen LogP contribution in [0.5, 0.6) is 17.2 Å². The van der Waals surface area contributed by atoms with Crippen molar-refractivity contribution in [2.45, 2.75) is 20.0 Å². The minimum Gasteiger partial charge on any atom is -0.491 e. The van der Waals surface area contributed by atoms with Gasteiger partial charge in [0.2, 0.25) is 5.91 Å². The number of aromatic nitrogens is 1. The van der Waals surface area contributed by atoms with Crippen molar-refractivity contribution in [1.82, 2.24) is 4.98 Å². The fraction of sp³-hybridized carbons (Fsp3) is 0.217. The summed E-state index contributed by atoms with van der Waals surface area (Å²) < 4.78 is 16.8. The van der Waals surface area contributed by atoms with Gasteiger partial charge in [-0.2, -0.15) is 0 Å². The Hall–Kier alpha value is -3.32. The lowest BCUT2D eigenvalue weighted by Gasteiger charge is -2.18. The van der Waals surface area contributed by atoms with Crippen molar-refractivity contribution < 1.29 is 19.0 Å². The highest BCUT2D eigenvalue weighted by atomic mass is 32.1. The molecular formula is C23H22N2O4S. The van der Waals surface area contributed by atoms with Crippen molar-refractivity contribution in [2.75, 3.05) is 18.5 Å². The number of rotatable bonds is 6. The Morgan fingerprint density at radius 3 is 2.83 bits per heavy atom. The quantitative estimate of drug-likeness (QED) is 0.565. The van der Waals surface area contributed by atoms with Gasteiger partial charge in [0.1, 0.15) is 19.0 Å². The molecule has 0 fully saturated rings. The van der Waals surface area contributed by atoms with Crippen LogP contribution in [0, 0.1) is 0 Å². The number of nitrogens with zero attached hydrogens (tertiary/aromatic N) is 1. The second-order valence-corrected chi connectivity index (χ2v) is 7.82. The average molecular weight is 423 g/mol. The molecule has 154 valence electrons. The fourth-order valence-electron chi connectivity index (χ4n) is 2.95. The number of hydrogen-bond donors (Lipinski definition) is 1. The Kier molecular flexibility index (Phi) is 5.99. The van der Waals surface area contributed by atoms with Gasteiger partial charge in [0, 0.05) is 17.0 Å². The Labute approximate surface area is 179 Å². The lowest BCUT2D eigenvalue weighted by Crippen LogP contribution is -2.15. The van der Waals surface area contributed by atoms with Crippen molar-refractivity contribution in [1.29, 1.82) is 0 Å². The van der Waals surface area contributed by atoms with E-state index in [9.17, 15) is 4.79 Å². The first-order valence-corrected chi connectivity index (χ1v) is 10.6. The Morgan fingerprint density at radius 1 is 1.17 bits per heavy atom. The molecule has 3 aromatic rings. The summed E-state index contributed by atoms with van der Waals surface area (Å²) in [6, 6.07) is 13.3. The van der Waals surface area contributed by atoms with Gasteiger partial charge in [0.05, 0.1) is 11.8 Å². The highest BCUT2D eigenvalue weighted by molar-refractivity contribution is 7.14. The van der Waals surface area contributed by atoms with Gasteiger partial charge in [-0.05, 0) is 55.8 Å². The highest BCUT2D eigenvalue weighted by Crippen LogP contribution is 2.35. The first-order valence-electron chi connectivity index (χ1n) is 9.68. The second-order valence-electron chi connectivity index (χ2n) is 6.96. The topological polar surface area (TPSA) is 69.7 Å². The number of carbonyl (C=O) groups is 1. The number of nitrogens with one attached hydrogen (secondary N) is 1. The summed E-state index contributed by atoms with van der Waals surface area (Å²) in [5.41, 5.74) is 2.57. The maximum absolute atomic E-state index is 12.3. The lowest BCUT2D eigenvalue weighted by molar-refractivity contribution is -0.111. The number of hydrogen-bond acceptors (Lipinski definition) is 6. The zero-order valence-corrected chi connectivity index (χ0v) is 17.6. The van der Waals surface area contributed by atoms with E-state index in [2.05, 4.69) is 10.3 Å². The molecule has 1 aromatic heterocycles. The van der Waals surface area contributed by atoms with Crippen LogP contribution < -0.4 is 19.5 Å². The van der Waals surface area contributed by atoms with Crippen LogP contribution in [-0.4, -0.2) is 30.2 Å². The third-order valence-electron chi connectivity index (χ3n) is 4.23. The monoisotopic (exact) mass is 422 g/mol. The smallest absolute Gasteiger partial charge is 0.250 e. The van der Waals surface area contributed by atoms with E-state index in [1.807, 2.05) is 61.7 Å². The molecule has 1 N–H and O–H groups in total. The minimum atomic E-state index is -0.242. The summed E-state index contributed by atoms with van der Waals surface area (Å²) in [5, 5.41) is 5.24. The molecule has 0 saturated heterocycles. The van der Waals surface area contributed by atoms with E-state index in [-0.39, 0.29) is 12.0 Å². The van der Waals surface area contributed by atoms with Gasteiger partial charge in [-0.1, -0.05) is 12.1 Å². The molecule has 0 unspecified atom stereocenters. The zero-order valence-electron chi connectivity index (χ0n) is 16.8.